The number of benzene rings is 1. The zero-order valence-electron chi connectivity index (χ0n) is 12.6. The van der Waals surface area contributed by atoms with E-state index in [4.69, 9.17) is 4.74 Å². The van der Waals surface area contributed by atoms with E-state index in [1.54, 1.807) is 7.11 Å². The number of hydrogen-bond donors (Lipinski definition) is 3. The van der Waals surface area contributed by atoms with Gasteiger partial charge in [0.2, 0.25) is 5.91 Å². The molecule has 0 spiro atoms. The highest BCUT2D eigenvalue weighted by Crippen LogP contribution is 2.23. The van der Waals surface area contributed by atoms with Crippen LogP contribution in [0.5, 0.6) is 5.75 Å². The Morgan fingerprint density at radius 2 is 2.33 bits per heavy atom. The third-order valence-electron chi connectivity index (χ3n) is 4.02. The molecule has 1 aromatic rings. The number of nitrogens with one attached hydrogen (secondary N) is 2. The maximum atomic E-state index is 12.0. The number of hydrogen-bond acceptors (Lipinski definition) is 4. The zero-order chi connectivity index (χ0) is 15.2. The molecule has 1 aliphatic heterocycles. The maximum Gasteiger partial charge on any atom is 0.220 e. The van der Waals surface area contributed by atoms with Crippen molar-refractivity contribution in [1.29, 1.82) is 0 Å². The minimum atomic E-state index is -0.360. The first-order valence-electron chi connectivity index (χ1n) is 7.39. The molecule has 1 fully saturated rings. The average molecular weight is 292 g/mol. The molecule has 2 rings (SSSR count). The summed E-state index contributed by atoms with van der Waals surface area (Å²) in [5.41, 5.74) is 1.09. The van der Waals surface area contributed by atoms with Crippen molar-refractivity contribution < 1.29 is 14.6 Å². The molecule has 0 saturated carbocycles. The van der Waals surface area contributed by atoms with Gasteiger partial charge in [-0.15, -0.1) is 0 Å². The lowest BCUT2D eigenvalue weighted by Crippen LogP contribution is -2.34. The van der Waals surface area contributed by atoms with Gasteiger partial charge in [0.1, 0.15) is 5.75 Å². The summed E-state index contributed by atoms with van der Waals surface area (Å²) in [5, 5.41) is 15.7. The van der Waals surface area contributed by atoms with Crippen LogP contribution >= 0.6 is 0 Å². The third kappa shape index (κ3) is 4.44. The predicted molar refractivity (Wildman–Crippen MR) is 81.4 cm³/mol. The second kappa shape index (κ2) is 7.43. The van der Waals surface area contributed by atoms with Crippen molar-refractivity contribution in [3.8, 4) is 5.75 Å². The highest BCUT2D eigenvalue weighted by Gasteiger charge is 2.25. The highest BCUT2D eigenvalue weighted by molar-refractivity contribution is 5.76. The van der Waals surface area contributed by atoms with Gasteiger partial charge in [0.15, 0.2) is 0 Å². The van der Waals surface area contributed by atoms with Crippen LogP contribution in [0.2, 0.25) is 0 Å². The van der Waals surface area contributed by atoms with Crippen molar-refractivity contribution in [2.75, 3.05) is 26.7 Å². The van der Waals surface area contributed by atoms with Crippen LogP contribution in [-0.4, -0.2) is 43.9 Å². The lowest BCUT2D eigenvalue weighted by molar-refractivity contribution is -0.121. The smallest absolute Gasteiger partial charge is 0.220 e. The summed E-state index contributed by atoms with van der Waals surface area (Å²) in [4.78, 5) is 12.0. The maximum absolute atomic E-state index is 12.0. The number of aliphatic hydroxyl groups is 1. The molecule has 1 aromatic carbocycles. The van der Waals surface area contributed by atoms with Crippen molar-refractivity contribution in [2.24, 2.45) is 5.92 Å². The van der Waals surface area contributed by atoms with Crippen molar-refractivity contribution in [3.05, 3.63) is 29.8 Å². The Bertz CT molecular complexity index is 478. The van der Waals surface area contributed by atoms with Crippen LogP contribution < -0.4 is 15.4 Å². The Morgan fingerprint density at radius 1 is 1.52 bits per heavy atom. The van der Waals surface area contributed by atoms with Crippen LogP contribution in [0.4, 0.5) is 0 Å². The van der Waals surface area contributed by atoms with Crippen molar-refractivity contribution >= 4 is 5.91 Å². The number of aliphatic hydroxyl groups excluding tert-OH is 1. The molecule has 5 heteroatoms. The van der Waals surface area contributed by atoms with Gasteiger partial charge in [0.05, 0.1) is 13.2 Å². The molecular weight excluding hydrogens is 268 g/mol. The predicted octanol–water partition coefficient (Wildman–Crippen LogP) is 0.885. The standard InChI is InChI=1S/C16H24N2O3/c1-11(12-4-3-5-14(7-12)21-2)6-16(20)18-9-13-8-17-10-15(13)19/h3-5,7,11,13,15,17,19H,6,8-10H2,1-2H3,(H,18,20). The molecule has 3 unspecified atom stereocenters. The number of ether oxygens (including phenoxy) is 1. The van der Waals surface area contributed by atoms with E-state index < -0.39 is 0 Å². The molecule has 1 amide bonds. The Balaban J connectivity index is 1.81. The lowest BCUT2D eigenvalue weighted by Gasteiger charge is -2.16. The average Bonchev–Trinajstić information content (AvgIpc) is 2.90. The summed E-state index contributed by atoms with van der Waals surface area (Å²) < 4.78 is 5.20. The van der Waals surface area contributed by atoms with Crippen molar-refractivity contribution in [2.45, 2.75) is 25.4 Å². The second-order valence-electron chi connectivity index (χ2n) is 5.67. The number of methoxy groups -OCH3 is 1. The van der Waals surface area contributed by atoms with Crippen molar-refractivity contribution in [1.82, 2.24) is 10.6 Å². The van der Waals surface area contributed by atoms with E-state index in [1.165, 1.54) is 0 Å². The van der Waals surface area contributed by atoms with Gasteiger partial charge in [0.25, 0.3) is 0 Å². The SMILES string of the molecule is COc1cccc(C(C)CC(=O)NCC2CNCC2O)c1. The van der Waals surface area contributed by atoms with Gasteiger partial charge < -0.3 is 20.5 Å². The number of carbonyl (C=O) groups is 1. The minimum absolute atomic E-state index is 0.0180. The Morgan fingerprint density at radius 3 is 3.00 bits per heavy atom. The lowest BCUT2D eigenvalue weighted by atomic mass is 9.97. The molecule has 1 saturated heterocycles. The Kier molecular flexibility index (Phi) is 5.59. The molecule has 116 valence electrons. The third-order valence-corrected chi connectivity index (χ3v) is 4.02. The van der Waals surface area contributed by atoms with E-state index in [1.807, 2.05) is 31.2 Å². The number of carbonyl (C=O) groups excluding carboxylic acids is 1. The first kappa shape index (κ1) is 15.8. The van der Waals surface area contributed by atoms with Gasteiger partial charge in [0, 0.05) is 32.0 Å². The summed E-state index contributed by atoms with van der Waals surface area (Å²) >= 11 is 0. The van der Waals surface area contributed by atoms with E-state index in [2.05, 4.69) is 10.6 Å². The van der Waals surface area contributed by atoms with Gasteiger partial charge in [-0.2, -0.15) is 0 Å². The largest absolute Gasteiger partial charge is 0.497 e. The summed E-state index contributed by atoms with van der Waals surface area (Å²) in [7, 11) is 1.64. The van der Waals surface area contributed by atoms with Crippen LogP contribution in [0.3, 0.4) is 0 Å². The molecule has 0 aromatic heterocycles. The van der Waals surface area contributed by atoms with E-state index in [9.17, 15) is 9.90 Å². The van der Waals surface area contributed by atoms with E-state index in [-0.39, 0.29) is 23.8 Å². The van der Waals surface area contributed by atoms with E-state index >= 15 is 0 Å². The van der Waals surface area contributed by atoms with Crippen LogP contribution in [0.15, 0.2) is 24.3 Å². The molecule has 3 atom stereocenters. The summed E-state index contributed by atoms with van der Waals surface area (Å²) in [6.45, 7) is 3.92. The molecule has 1 heterocycles. The fraction of sp³-hybridized carbons (Fsp3) is 0.562. The molecule has 21 heavy (non-hydrogen) atoms. The molecule has 3 N–H and O–H groups in total. The van der Waals surface area contributed by atoms with Gasteiger partial charge >= 0.3 is 0 Å². The molecule has 0 radical (unpaired) electrons. The molecule has 0 aliphatic carbocycles. The van der Waals surface area contributed by atoms with Gasteiger partial charge in [-0.05, 0) is 23.6 Å². The van der Waals surface area contributed by atoms with Gasteiger partial charge in [-0.25, -0.2) is 0 Å². The zero-order valence-corrected chi connectivity index (χ0v) is 12.6. The first-order chi connectivity index (χ1) is 10.1. The fourth-order valence-corrected chi connectivity index (χ4v) is 2.59. The van der Waals surface area contributed by atoms with Crippen molar-refractivity contribution in [3.63, 3.8) is 0 Å². The highest BCUT2D eigenvalue weighted by atomic mass is 16.5. The first-order valence-corrected chi connectivity index (χ1v) is 7.39. The minimum Gasteiger partial charge on any atom is -0.497 e. The fourth-order valence-electron chi connectivity index (χ4n) is 2.59. The van der Waals surface area contributed by atoms with Crippen LogP contribution in [0.25, 0.3) is 0 Å². The summed E-state index contributed by atoms with van der Waals surface area (Å²) in [6.07, 6.45) is 0.0739. The van der Waals surface area contributed by atoms with Gasteiger partial charge in [-0.3, -0.25) is 4.79 Å². The van der Waals surface area contributed by atoms with Crippen LogP contribution in [0, 0.1) is 5.92 Å². The Labute approximate surface area is 125 Å². The van der Waals surface area contributed by atoms with Crippen LogP contribution in [0.1, 0.15) is 24.8 Å². The summed E-state index contributed by atoms with van der Waals surface area (Å²) in [6, 6.07) is 7.79. The molecular formula is C16H24N2O3. The molecule has 0 bridgehead atoms. The molecule has 1 aliphatic rings. The number of amides is 1. The number of rotatable bonds is 6. The summed E-state index contributed by atoms with van der Waals surface area (Å²) in [5.74, 6) is 1.07. The normalized spacial score (nSPS) is 22.8. The topological polar surface area (TPSA) is 70.6 Å². The van der Waals surface area contributed by atoms with E-state index in [0.717, 1.165) is 17.9 Å². The Hall–Kier alpha value is -1.59. The number of β-amino-alcohol motifs (C(OH)–C–C–N with tert-alkyl or cyclic N) is 1. The van der Waals surface area contributed by atoms with E-state index in [0.29, 0.717) is 19.5 Å². The quantitative estimate of drug-likeness (QED) is 0.728. The van der Waals surface area contributed by atoms with Gasteiger partial charge in [-0.1, -0.05) is 19.1 Å². The van der Waals surface area contributed by atoms with Crippen LogP contribution in [-0.2, 0) is 4.79 Å². The monoisotopic (exact) mass is 292 g/mol. The molecule has 5 nitrogen and oxygen atoms in total. The second-order valence-corrected chi connectivity index (χ2v) is 5.67.